The van der Waals surface area contributed by atoms with Crippen LogP contribution in [0.4, 0.5) is 0 Å². The molecule has 0 unspecified atom stereocenters. The van der Waals surface area contributed by atoms with Crippen molar-refractivity contribution in [1.29, 1.82) is 5.26 Å². The Hall–Kier alpha value is -1.87. The van der Waals surface area contributed by atoms with Gasteiger partial charge in [0, 0.05) is 12.2 Å². The molecular formula is C19H29N5O. The van der Waals surface area contributed by atoms with Gasteiger partial charge in [-0.15, -0.1) is 0 Å². The summed E-state index contributed by atoms with van der Waals surface area (Å²) in [5, 5.41) is 17.1. The highest BCUT2D eigenvalue weighted by molar-refractivity contribution is 5.79. The number of carbonyl (C=O) groups is 1. The van der Waals surface area contributed by atoms with Crippen LogP contribution < -0.4 is 5.32 Å². The number of likely N-dealkylation sites (tertiary alicyclic amines) is 1. The van der Waals surface area contributed by atoms with Crippen LogP contribution in [0.2, 0.25) is 0 Å². The van der Waals surface area contributed by atoms with E-state index in [9.17, 15) is 10.1 Å². The van der Waals surface area contributed by atoms with Crippen LogP contribution in [0, 0.1) is 18.3 Å². The van der Waals surface area contributed by atoms with Gasteiger partial charge in [-0.25, -0.2) is 0 Å². The fraction of sp³-hybridized carbons (Fsp3) is 0.737. The summed E-state index contributed by atoms with van der Waals surface area (Å²) >= 11 is 0. The first-order valence-corrected chi connectivity index (χ1v) is 9.56. The summed E-state index contributed by atoms with van der Waals surface area (Å²) in [7, 11) is 0. The number of amides is 1. The quantitative estimate of drug-likeness (QED) is 0.833. The predicted molar refractivity (Wildman–Crippen MR) is 95.7 cm³/mol. The topological polar surface area (TPSA) is 74.0 Å². The molecule has 1 aromatic heterocycles. The summed E-state index contributed by atoms with van der Waals surface area (Å²) in [6.45, 7) is 4.19. The van der Waals surface area contributed by atoms with Crippen LogP contribution in [0.15, 0.2) is 12.4 Å². The van der Waals surface area contributed by atoms with Gasteiger partial charge in [0.2, 0.25) is 5.91 Å². The summed E-state index contributed by atoms with van der Waals surface area (Å²) in [5.41, 5.74) is 0.508. The van der Waals surface area contributed by atoms with Crippen molar-refractivity contribution >= 4 is 5.91 Å². The third-order valence-electron chi connectivity index (χ3n) is 5.56. The highest BCUT2D eigenvalue weighted by atomic mass is 16.2. The predicted octanol–water partition coefficient (Wildman–Crippen LogP) is 2.39. The maximum Gasteiger partial charge on any atom is 0.235 e. The summed E-state index contributed by atoms with van der Waals surface area (Å²) in [6.07, 6.45) is 12.1. The molecule has 25 heavy (non-hydrogen) atoms. The lowest BCUT2D eigenvalue weighted by atomic mass is 9.92. The van der Waals surface area contributed by atoms with E-state index in [4.69, 9.17) is 0 Å². The van der Waals surface area contributed by atoms with Crippen molar-refractivity contribution in [2.45, 2.75) is 76.4 Å². The molecule has 0 bridgehead atoms. The molecule has 1 atom stereocenters. The minimum absolute atomic E-state index is 0.00741. The zero-order valence-corrected chi connectivity index (χ0v) is 15.2. The van der Waals surface area contributed by atoms with Gasteiger partial charge in [0.25, 0.3) is 0 Å². The summed E-state index contributed by atoms with van der Waals surface area (Å²) in [4.78, 5) is 14.9. The normalized spacial score (nSPS) is 23.8. The van der Waals surface area contributed by atoms with Crippen LogP contribution in [0.5, 0.6) is 0 Å². The second kappa shape index (κ2) is 8.01. The van der Waals surface area contributed by atoms with E-state index in [-0.39, 0.29) is 5.91 Å². The molecule has 1 saturated heterocycles. The molecule has 1 saturated carbocycles. The van der Waals surface area contributed by atoms with E-state index in [1.54, 1.807) is 0 Å². The second-order valence-electron chi connectivity index (χ2n) is 7.66. The molecule has 6 heteroatoms. The number of carbonyl (C=O) groups excluding carboxylic acids is 1. The molecule has 2 heterocycles. The lowest BCUT2D eigenvalue weighted by Crippen LogP contribution is -2.51. The molecule has 1 aromatic rings. The van der Waals surface area contributed by atoms with Crippen molar-refractivity contribution in [1.82, 2.24) is 20.0 Å². The van der Waals surface area contributed by atoms with Gasteiger partial charge < -0.3 is 5.32 Å². The van der Waals surface area contributed by atoms with Gasteiger partial charge in [0.05, 0.1) is 25.4 Å². The fourth-order valence-corrected chi connectivity index (χ4v) is 4.18. The van der Waals surface area contributed by atoms with Crippen LogP contribution >= 0.6 is 0 Å². The van der Waals surface area contributed by atoms with Crippen LogP contribution in [-0.4, -0.2) is 45.3 Å². The van der Waals surface area contributed by atoms with Crippen molar-refractivity contribution in [3.8, 4) is 6.07 Å². The lowest BCUT2D eigenvalue weighted by Gasteiger charge is -2.29. The molecule has 1 aliphatic heterocycles. The van der Waals surface area contributed by atoms with E-state index < -0.39 is 5.54 Å². The number of nitrogens with one attached hydrogen (secondary N) is 1. The minimum atomic E-state index is -0.651. The molecule has 2 fully saturated rings. The Bertz CT molecular complexity index is 624. The van der Waals surface area contributed by atoms with E-state index in [2.05, 4.69) is 21.4 Å². The third-order valence-corrected chi connectivity index (χ3v) is 5.56. The largest absolute Gasteiger partial charge is 0.337 e. The molecule has 0 aromatic carbocycles. The second-order valence-corrected chi connectivity index (χ2v) is 7.66. The standard InChI is InChI=1S/C19H29N5O/c1-16-11-21-24(12-16)13-17-7-6-10-23(17)14-18(25)22-19(15-20)8-4-2-3-5-9-19/h11-12,17H,2-10,13-14H2,1H3,(H,22,25)/t17-/m0/s1. The number of hydrogen-bond donors (Lipinski definition) is 1. The molecule has 0 radical (unpaired) electrons. The van der Waals surface area contributed by atoms with E-state index in [1.807, 2.05) is 24.0 Å². The zero-order valence-electron chi connectivity index (χ0n) is 15.2. The first kappa shape index (κ1) is 17.9. The molecule has 1 aliphatic carbocycles. The van der Waals surface area contributed by atoms with E-state index in [1.165, 1.54) is 0 Å². The first-order valence-electron chi connectivity index (χ1n) is 9.56. The van der Waals surface area contributed by atoms with Crippen molar-refractivity contribution in [3.05, 3.63) is 18.0 Å². The third kappa shape index (κ3) is 4.60. The Morgan fingerprint density at radius 1 is 1.36 bits per heavy atom. The van der Waals surface area contributed by atoms with Crippen molar-refractivity contribution in [3.63, 3.8) is 0 Å². The molecule has 6 nitrogen and oxygen atoms in total. The van der Waals surface area contributed by atoms with Crippen molar-refractivity contribution < 1.29 is 4.79 Å². The number of aromatic nitrogens is 2. The molecule has 3 rings (SSSR count). The average Bonchev–Trinajstić information content (AvgIpc) is 3.12. The molecule has 0 spiro atoms. The van der Waals surface area contributed by atoms with Gasteiger partial charge in [-0.1, -0.05) is 25.7 Å². The Labute approximate surface area is 150 Å². The number of nitrogens with zero attached hydrogens (tertiary/aromatic N) is 4. The van der Waals surface area contributed by atoms with Gasteiger partial charge in [-0.05, 0) is 44.7 Å². The van der Waals surface area contributed by atoms with Crippen molar-refractivity contribution in [2.75, 3.05) is 13.1 Å². The Morgan fingerprint density at radius 2 is 2.12 bits per heavy atom. The average molecular weight is 343 g/mol. The monoisotopic (exact) mass is 343 g/mol. The smallest absolute Gasteiger partial charge is 0.235 e. The van der Waals surface area contributed by atoms with Gasteiger partial charge in [-0.2, -0.15) is 10.4 Å². The highest BCUT2D eigenvalue weighted by Gasteiger charge is 2.34. The molecule has 136 valence electrons. The molecular weight excluding hydrogens is 314 g/mol. The number of nitriles is 1. The number of hydrogen-bond acceptors (Lipinski definition) is 4. The number of aryl methyl sites for hydroxylation is 1. The van der Waals surface area contributed by atoms with Crippen LogP contribution in [0.1, 0.15) is 56.9 Å². The molecule has 1 amide bonds. The molecule has 2 aliphatic rings. The van der Waals surface area contributed by atoms with Gasteiger partial charge in [0.1, 0.15) is 5.54 Å². The summed E-state index contributed by atoms with van der Waals surface area (Å²) in [6, 6.07) is 2.75. The Balaban J connectivity index is 1.56. The minimum Gasteiger partial charge on any atom is -0.337 e. The van der Waals surface area contributed by atoms with Crippen LogP contribution in [-0.2, 0) is 11.3 Å². The van der Waals surface area contributed by atoms with Gasteiger partial charge in [-0.3, -0.25) is 14.4 Å². The Kier molecular flexibility index (Phi) is 5.74. The lowest BCUT2D eigenvalue weighted by molar-refractivity contribution is -0.124. The maximum absolute atomic E-state index is 12.6. The fourth-order valence-electron chi connectivity index (χ4n) is 4.18. The van der Waals surface area contributed by atoms with Gasteiger partial charge >= 0.3 is 0 Å². The first-order chi connectivity index (χ1) is 12.1. The van der Waals surface area contributed by atoms with Crippen LogP contribution in [0.25, 0.3) is 0 Å². The summed E-state index contributed by atoms with van der Waals surface area (Å²) in [5.74, 6) is -0.00741. The SMILES string of the molecule is Cc1cnn(C[C@@H]2CCCN2CC(=O)NC2(C#N)CCCCCC2)c1. The highest BCUT2D eigenvalue weighted by Crippen LogP contribution is 2.27. The number of rotatable bonds is 5. The van der Waals surface area contributed by atoms with Crippen molar-refractivity contribution in [2.24, 2.45) is 0 Å². The Morgan fingerprint density at radius 3 is 2.76 bits per heavy atom. The van der Waals surface area contributed by atoms with E-state index >= 15 is 0 Å². The van der Waals surface area contributed by atoms with E-state index in [0.717, 1.165) is 70.0 Å². The summed E-state index contributed by atoms with van der Waals surface area (Å²) < 4.78 is 1.97. The van der Waals surface area contributed by atoms with Gasteiger partial charge in [0.15, 0.2) is 0 Å². The zero-order chi connectivity index (χ0) is 17.7. The van der Waals surface area contributed by atoms with Crippen LogP contribution in [0.3, 0.4) is 0 Å². The molecule has 1 N–H and O–H groups in total. The maximum atomic E-state index is 12.6. The van der Waals surface area contributed by atoms with E-state index in [0.29, 0.717) is 12.6 Å².